The quantitative estimate of drug-likeness (QED) is 0.313. The van der Waals surface area contributed by atoms with Gasteiger partial charge in [-0.2, -0.15) is 0 Å². The SMILES string of the molecule is [2H]c1nc(-c2cccc3c2oc2cc4ccccc4cc23)cc(CC(C)(C)C)c1C. The third-order valence-electron chi connectivity index (χ3n) is 5.50. The van der Waals surface area contributed by atoms with Crippen molar-refractivity contribution in [2.45, 2.75) is 34.1 Å². The molecule has 2 aromatic heterocycles. The molecular formula is C27H25NO. The Labute approximate surface area is 172 Å². The van der Waals surface area contributed by atoms with Crippen LogP contribution >= 0.6 is 0 Å². The fourth-order valence-corrected chi connectivity index (χ4v) is 4.10. The van der Waals surface area contributed by atoms with Gasteiger partial charge in [0, 0.05) is 22.5 Å². The number of nitrogens with zero attached hydrogens (tertiary/aromatic N) is 1. The van der Waals surface area contributed by atoms with Crippen molar-refractivity contribution in [2.24, 2.45) is 5.41 Å². The van der Waals surface area contributed by atoms with Gasteiger partial charge in [-0.1, -0.05) is 57.2 Å². The summed E-state index contributed by atoms with van der Waals surface area (Å²) in [5, 5.41) is 4.56. The second-order valence-corrected chi connectivity index (χ2v) is 9.12. The summed E-state index contributed by atoms with van der Waals surface area (Å²) in [6.07, 6.45) is 1.24. The molecule has 2 heteroatoms. The first kappa shape index (κ1) is 16.8. The molecule has 0 radical (unpaired) electrons. The van der Waals surface area contributed by atoms with Crippen molar-refractivity contribution < 1.29 is 5.79 Å². The van der Waals surface area contributed by atoms with Crippen LogP contribution in [-0.4, -0.2) is 4.98 Å². The fraction of sp³-hybridized carbons (Fsp3) is 0.222. The third kappa shape index (κ3) is 3.19. The number of hydrogen-bond donors (Lipinski definition) is 0. The molecule has 0 aliphatic rings. The van der Waals surface area contributed by atoms with Gasteiger partial charge in [0.05, 0.1) is 7.06 Å². The van der Waals surface area contributed by atoms with Crippen molar-refractivity contribution in [2.75, 3.05) is 0 Å². The second kappa shape index (κ2) is 6.45. The van der Waals surface area contributed by atoms with Gasteiger partial charge in [0.25, 0.3) is 0 Å². The van der Waals surface area contributed by atoms with Crippen LogP contribution in [0, 0.1) is 12.3 Å². The first-order valence-electron chi connectivity index (χ1n) is 10.6. The van der Waals surface area contributed by atoms with E-state index in [0.717, 1.165) is 45.2 Å². The van der Waals surface area contributed by atoms with Gasteiger partial charge in [-0.15, -0.1) is 0 Å². The maximum atomic E-state index is 8.43. The molecule has 0 bridgehead atoms. The molecule has 0 fully saturated rings. The minimum Gasteiger partial charge on any atom is -0.455 e. The minimum atomic E-state index is 0.140. The largest absolute Gasteiger partial charge is 0.455 e. The van der Waals surface area contributed by atoms with Crippen molar-refractivity contribution in [1.82, 2.24) is 4.98 Å². The van der Waals surface area contributed by atoms with Gasteiger partial charge >= 0.3 is 0 Å². The van der Waals surface area contributed by atoms with E-state index in [2.05, 4.69) is 74.3 Å². The van der Waals surface area contributed by atoms with Crippen molar-refractivity contribution in [3.63, 3.8) is 0 Å². The zero-order valence-corrected chi connectivity index (χ0v) is 17.3. The van der Waals surface area contributed by atoms with Crippen LogP contribution in [0.2, 0.25) is 0 Å². The number of pyridine rings is 1. The zero-order chi connectivity index (χ0) is 21.0. The first-order valence-corrected chi connectivity index (χ1v) is 10.1. The number of fused-ring (bicyclic) bond motifs is 4. The lowest BCUT2D eigenvalue weighted by atomic mass is 9.86. The maximum absolute atomic E-state index is 8.43. The fourth-order valence-electron chi connectivity index (χ4n) is 4.10. The molecule has 2 heterocycles. The molecule has 29 heavy (non-hydrogen) atoms. The van der Waals surface area contributed by atoms with Gasteiger partial charge in [0.15, 0.2) is 0 Å². The van der Waals surface area contributed by atoms with Crippen molar-refractivity contribution in [3.05, 3.63) is 78.0 Å². The summed E-state index contributed by atoms with van der Waals surface area (Å²) in [6, 6.07) is 21.0. The molecule has 5 aromatic rings. The summed E-state index contributed by atoms with van der Waals surface area (Å²) < 4.78 is 14.8. The van der Waals surface area contributed by atoms with Crippen LogP contribution < -0.4 is 0 Å². The number of aromatic nitrogens is 1. The summed E-state index contributed by atoms with van der Waals surface area (Å²) in [5.74, 6) is 0. The molecule has 3 aromatic carbocycles. The normalized spacial score (nSPS) is 12.8. The van der Waals surface area contributed by atoms with E-state index in [1.165, 1.54) is 16.3 Å². The van der Waals surface area contributed by atoms with E-state index in [4.69, 9.17) is 5.79 Å². The minimum absolute atomic E-state index is 0.140. The van der Waals surface area contributed by atoms with Crippen molar-refractivity contribution in [3.8, 4) is 11.3 Å². The molecule has 0 aliphatic carbocycles. The lowest BCUT2D eigenvalue weighted by molar-refractivity contribution is 0.410. The number of furan rings is 1. The highest BCUT2D eigenvalue weighted by Gasteiger charge is 2.17. The standard InChI is InChI=1S/C27H25NO/c1-17-16-28-24(13-20(17)15-27(2,3)4)22-11-7-10-21-23-12-18-8-5-6-9-19(18)14-25(23)29-26(21)22/h5-14,16H,15H2,1-4H3/i16D. The topological polar surface area (TPSA) is 26.0 Å². The number of para-hydroxylation sites is 1. The molecule has 0 saturated heterocycles. The molecule has 2 nitrogen and oxygen atoms in total. The summed E-state index contributed by atoms with van der Waals surface area (Å²) >= 11 is 0. The van der Waals surface area contributed by atoms with E-state index in [-0.39, 0.29) is 5.41 Å². The Morgan fingerprint density at radius 1 is 0.931 bits per heavy atom. The van der Waals surface area contributed by atoms with Gasteiger partial charge in [-0.3, -0.25) is 4.98 Å². The highest BCUT2D eigenvalue weighted by molar-refractivity contribution is 6.13. The van der Waals surface area contributed by atoms with E-state index in [1.807, 2.05) is 19.1 Å². The highest BCUT2D eigenvalue weighted by atomic mass is 16.3. The van der Waals surface area contributed by atoms with Crippen LogP contribution in [-0.2, 0) is 6.42 Å². The average Bonchev–Trinajstić information content (AvgIpc) is 3.06. The first-order chi connectivity index (χ1) is 14.3. The summed E-state index contributed by atoms with van der Waals surface area (Å²) in [6.45, 7) is 8.66. The van der Waals surface area contributed by atoms with Crippen LogP contribution in [0.3, 0.4) is 0 Å². The Morgan fingerprint density at radius 3 is 2.45 bits per heavy atom. The number of rotatable bonds is 2. The number of benzene rings is 3. The molecule has 0 atom stereocenters. The van der Waals surface area contributed by atoms with E-state index in [0.29, 0.717) is 6.17 Å². The van der Waals surface area contributed by atoms with Crippen molar-refractivity contribution in [1.29, 1.82) is 0 Å². The van der Waals surface area contributed by atoms with Gasteiger partial charge in [0.1, 0.15) is 11.2 Å². The Hall–Kier alpha value is -3.13. The molecule has 0 amide bonds. The van der Waals surface area contributed by atoms with Crippen LogP contribution in [0.5, 0.6) is 0 Å². The van der Waals surface area contributed by atoms with Crippen LogP contribution in [0.1, 0.15) is 33.3 Å². The Morgan fingerprint density at radius 2 is 1.69 bits per heavy atom. The van der Waals surface area contributed by atoms with Crippen LogP contribution in [0.4, 0.5) is 0 Å². The van der Waals surface area contributed by atoms with Gasteiger partial charge in [-0.05, 0) is 64.9 Å². The Kier molecular flexibility index (Phi) is 3.73. The van der Waals surface area contributed by atoms with Crippen molar-refractivity contribution >= 4 is 32.7 Å². The number of hydrogen-bond acceptors (Lipinski definition) is 2. The summed E-state index contributed by atoms with van der Waals surface area (Å²) in [5.41, 5.74) is 5.73. The summed E-state index contributed by atoms with van der Waals surface area (Å²) in [7, 11) is 0. The molecule has 0 unspecified atom stereocenters. The maximum Gasteiger partial charge on any atom is 0.144 e. The lowest BCUT2D eigenvalue weighted by Gasteiger charge is -2.20. The molecule has 0 aliphatic heterocycles. The molecular weight excluding hydrogens is 354 g/mol. The molecule has 0 spiro atoms. The Balaban J connectivity index is 1.76. The van der Waals surface area contributed by atoms with E-state index >= 15 is 0 Å². The Bertz CT molecular complexity index is 1420. The summed E-state index contributed by atoms with van der Waals surface area (Å²) in [4.78, 5) is 4.62. The highest BCUT2D eigenvalue weighted by Crippen LogP contribution is 2.37. The lowest BCUT2D eigenvalue weighted by Crippen LogP contribution is -2.10. The molecule has 144 valence electrons. The van der Waals surface area contributed by atoms with Gasteiger partial charge < -0.3 is 4.42 Å². The molecule has 0 N–H and O–H groups in total. The zero-order valence-electron chi connectivity index (χ0n) is 18.3. The second-order valence-electron chi connectivity index (χ2n) is 9.12. The smallest absolute Gasteiger partial charge is 0.144 e. The van der Waals surface area contributed by atoms with Gasteiger partial charge in [-0.25, -0.2) is 0 Å². The molecule has 5 rings (SSSR count). The van der Waals surface area contributed by atoms with E-state index < -0.39 is 0 Å². The third-order valence-corrected chi connectivity index (χ3v) is 5.50. The van der Waals surface area contributed by atoms with E-state index in [9.17, 15) is 0 Å². The average molecular weight is 381 g/mol. The van der Waals surface area contributed by atoms with Crippen LogP contribution in [0.25, 0.3) is 44.0 Å². The predicted octanol–water partition coefficient (Wildman–Crippen LogP) is 7.70. The van der Waals surface area contributed by atoms with Gasteiger partial charge in [0.2, 0.25) is 0 Å². The van der Waals surface area contributed by atoms with E-state index in [1.54, 1.807) is 0 Å². The predicted molar refractivity (Wildman–Crippen MR) is 122 cm³/mol. The molecule has 0 saturated carbocycles. The monoisotopic (exact) mass is 380 g/mol. The van der Waals surface area contributed by atoms with Crippen LogP contribution in [0.15, 0.2) is 71.3 Å².